The molecule has 2 aliphatic rings. The van der Waals surface area contributed by atoms with Crippen molar-refractivity contribution in [1.82, 2.24) is 24.5 Å². The van der Waals surface area contributed by atoms with Crippen molar-refractivity contribution in [2.75, 3.05) is 18.4 Å². The molecule has 29 heavy (non-hydrogen) atoms. The molecule has 8 heteroatoms. The lowest BCUT2D eigenvalue weighted by atomic mass is 9.77. The summed E-state index contributed by atoms with van der Waals surface area (Å²) in [7, 11) is 0. The molecule has 4 atom stereocenters. The maximum Gasteiger partial charge on any atom is 0.257 e. The molecular weight excluding hydrogens is 368 g/mol. The average Bonchev–Trinajstić information content (AvgIpc) is 3.32. The molecule has 0 radical (unpaired) electrons. The standard InChI is InChI=1S/C21H24N6O2/c1-13-2-3-18-16(8-24-27(18)10-13)21(29)26-11-14-6-17(19(28)7-15(14)12-26)25-20-9-22-4-5-23-20/h2-5,8-10,14-15,17,19,28H,6-7,11-12H2,1H3,(H,23,25)/t14-,15+,17-,19-/m1/s1. The highest BCUT2D eigenvalue weighted by molar-refractivity contribution is 6.00. The van der Waals surface area contributed by atoms with E-state index in [2.05, 4.69) is 20.4 Å². The highest BCUT2D eigenvalue weighted by atomic mass is 16.3. The zero-order valence-corrected chi connectivity index (χ0v) is 16.3. The van der Waals surface area contributed by atoms with E-state index < -0.39 is 6.10 Å². The first-order valence-corrected chi connectivity index (χ1v) is 10.0. The quantitative estimate of drug-likeness (QED) is 0.705. The van der Waals surface area contributed by atoms with Crippen LogP contribution in [-0.4, -0.2) is 60.7 Å². The monoisotopic (exact) mass is 392 g/mol. The number of carbonyl (C=O) groups is 1. The number of likely N-dealkylation sites (tertiary alicyclic amines) is 1. The van der Waals surface area contributed by atoms with Crippen LogP contribution in [0.25, 0.3) is 5.52 Å². The first-order chi connectivity index (χ1) is 14.1. The number of amides is 1. The number of aliphatic hydroxyl groups excluding tert-OH is 1. The number of aromatic nitrogens is 4. The molecule has 1 aliphatic carbocycles. The Balaban J connectivity index is 1.30. The second-order valence-electron chi connectivity index (χ2n) is 8.21. The number of rotatable bonds is 3. The van der Waals surface area contributed by atoms with Crippen molar-refractivity contribution in [1.29, 1.82) is 0 Å². The van der Waals surface area contributed by atoms with Gasteiger partial charge in [-0.2, -0.15) is 5.10 Å². The Kier molecular flexibility index (Phi) is 4.43. The van der Waals surface area contributed by atoms with Crippen LogP contribution in [0.5, 0.6) is 0 Å². The van der Waals surface area contributed by atoms with Crippen LogP contribution in [0.15, 0.2) is 43.1 Å². The zero-order valence-electron chi connectivity index (χ0n) is 16.3. The Bertz CT molecular complexity index is 1040. The Morgan fingerprint density at radius 3 is 2.79 bits per heavy atom. The van der Waals surface area contributed by atoms with Gasteiger partial charge in [-0.25, -0.2) is 9.50 Å². The Labute approximate surface area is 168 Å². The van der Waals surface area contributed by atoms with E-state index in [1.165, 1.54) is 0 Å². The van der Waals surface area contributed by atoms with Gasteiger partial charge >= 0.3 is 0 Å². The van der Waals surface area contributed by atoms with Crippen LogP contribution >= 0.6 is 0 Å². The first kappa shape index (κ1) is 18.1. The number of pyridine rings is 1. The minimum atomic E-state index is -0.465. The summed E-state index contributed by atoms with van der Waals surface area (Å²) in [4.78, 5) is 23.4. The molecular formula is C21H24N6O2. The number of fused-ring (bicyclic) bond motifs is 2. The molecule has 1 saturated carbocycles. The van der Waals surface area contributed by atoms with Crippen molar-refractivity contribution in [2.45, 2.75) is 31.9 Å². The molecule has 8 nitrogen and oxygen atoms in total. The molecule has 2 N–H and O–H groups in total. The third-order valence-corrected chi connectivity index (χ3v) is 6.22. The van der Waals surface area contributed by atoms with Crippen LogP contribution in [0.4, 0.5) is 5.82 Å². The topological polar surface area (TPSA) is 95.7 Å². The number of aryl methyl sites for hydroxylation is 1. The van der Waals surface area contributed by atoms with E-state index in [1.807, 2.05) is 30.2 Å². The minimum Gasteiger partial charge on any atom is -0.391 e. The smallest absolute Gasteiger partial charge is 0.257 e. The molecule has 1 amide bonds. The van der Waals surface area contributed by atoms with Crippen LogP contribution in [0.3, 0.4) is 0 Å². The van der Waals surface area contributed by atoms with Gasteiger partial charge in [0.15, 0.2) is 0 Å². The van der Waals surface area contributed by atoms with Crippen LogP contribution in [0, 0.1) is 18.8 Å². The third-order valence-electron chi connectivity index (χ3n) is 6.22. The number of aliphatic hydroxyl groups is 1. The minimum absolute atomic E-state index is 0.0196. The van der Waals surface area contributed by atoms with E-state index >= 15 is 0 Å². The van der Waals surface area contributed by atoms with E-state index in [-0.39, 0.29) is 11.9 Å². The number of hydrogen-bond acceptors (Lipinski definition) is 6. The van der Waals surface area contributed by atoms with E-state index in [0.29, 0.717) is 42.7 Å². The summed E-state index contributed by atoms with van der Waals surface area (Å²) in [6.45, 7) is 3.39. The van der Waals surface area contributed by atoms with Gasteiger partial charge in [-0.1, -0.05) is 6.07 Å². The number of nitrogens with zero attached hydrogens (tertiary/aromatic N) is 5. The molecule has 0 bridgehead atoms. The molecule has 150 valence electrons. The lowest BCUT2D eigenvalue weighted by molar-refractivity contribution is 0.0727. The van der Waals surface area contributed by atoms with Gasteiger partial charge in [0.2, 0.25) is 0 Å². The van der Waals surface area contributed by atoms with Gasteiger partial charge in [0, 0.05) is 31.7 Å². The Morgan fingerprint density at radius 1 is 1.17 bits per heavy atom. The number of hydrogen-bond donors (Lipinski definition) is 2. The second kappa shape index (κ2) is 7.11. The lowest BCUT2D eigenvalue weighted by Crippen LogP contribution is -2.43. The molecule has 5 rings (SSSR count). The molecule has 3 aromatic heterocycles. The molecule has 2 fully saturated rings. The SMILES string of the molecule is Cc1ccc2c(C(=O)N3C[C@H]4C[C@@H](Nc5cnccn5)[C@H](O)C[C@H]4C3)cnn2c1. The number of anilines is 1. The van der Waals surface area contributed by atoms with Gasteiger partial charge < -0.3 is 15.3 Å². The van der Waals surface area contributed by atoms with E-state index in [4.69, 9.17) is 0 Å². The number of nitrogens with one attached hydrogen (secondary N) is 1. The van der Waals surface area contributed by atoms with Crippen molar-refractivity contribution in [2.24, 2.45) is 11.8 Å². The van der Waals surface area contributed by atoms with E-state index in [1.54, 1.807) is 29.3 Å². The molecule has 0 spiro atoms. The predicted molar refractivity (Wildman–Crippen MR) is 107 cm³/mol. The predicted octanol–water partition coefficient (Wildman–Crippen LogP) is 1.76. The lowest BCUT2D eigenvalue weighted by Gasteiger charge is -2.35. The summed E-state index contributed by atoms with van der Waals surface area (Å²) in [6.07, 6.45) is 9.53. The summed E-state index contributed by atoms with van der Waals surface area (Å²) in [6, 6.07) is 3.86. The molecule has 0 unspecified atom stereocenters. The Morgan fingerprint density at radius 2 is 2.00 bits per heavy atom. The van der Waals surface area contributed by atoms with Crippen molar-refractivity contribution < 1.29 is 9.90 Å². The molecule has 4 heterocycles. The molecule has 1 aliphatic heterocycles. The summed E-state index contributed by atoms with van der Waals surface area (Å²) in [5.41, 5.74) is 2.57. The second-order valence-corrected chi connectivity index (χ2v) is 8.21. The highest BCUT2D eigenvalue weighted by Gasteiger charge is 2.43. The van der Waals surface area contributed by atoms with Crippen molar-refractivity contribution in [3.8, 4) is 0 Å². The maximum absolute atomic E-state index is 13.2. The van der Waals surface area contributed by atoms with Crippen molar-refractivity contribution >= 4 is 17.2 Å². The molecule has 0 aromatic carbocycles. The zero-order chi connectivity index (χ0) is 20.0. The van der Waals surface area contributed by atoms with Gasteiger partial charge in [-0.05, 0) is 43.2 Å². The summed E-state index contributed by atoms with van der Waals surface area (Å²) in [5, 5.41) is 18.3. The Hall–Kier alpha value is -3.00. The van der Waals surface area contributed by atoms with Gasteiger partial charge in [-0.3, -0.25) is 9.78 Å². The fourth-order valence-corrected chi connectivity index (χ4v) is 4.74. The van der Waals surface area contributed by atoms with Crippen molar-refractivity contribution in [3.05, 3.63) is 54.2 Å². The van der Waals surface area contributed by atoms with E-state index in [9.17, 15) is 9.90 Å². The van der Waals surface area contributed by atoms with E-state index in [0.717, 1.165) is 17.5 Å². The summed E-state index contributed by atoms with van der Waals surface area (Å²) >= 11 is 0. The molecule has 1 saturated heterocycles. The third kappa shape index (κ3) is 3.33. The summed E-state index contributed by atoms with van der Waals surface area (Å²) in [5.74, 6) is 1.37. The van der Waals surface area contributed by atoms with Gasteiger partial charge in [0.25, 0.3) is 5.91 Å². The van der Waals surface area contributed by atoms with Crippen LogP contribution in [0.2, 0.25) is 0 Å². The van der Waals surface area contributed by atoms with Crippen LogP contribution in [-0.2, 0) is 0 Å². The van der Waals surface area contributed by atoms with Gasteiger partial charge in [0.05, 0.1) is 35.6 Å². The van der Waals surface area contributed by atoms with Gasteiger partial charge in [-0.15, -0.1) is 0 Å². The first-order valence-electron chi connectivity index (χ1n) is 10.0. The maximum atomic E-state index is 13.2. The number of carbonyl (C=O) groups excluding carboxylic acids is 1. The fraction of sp³-hybridized carbons (Fsp3) is 0.429. The average molecular weight is 392 g/mol. The van der Waals surface area contributed by atoms with Gasteiger partial charge in [0.1, 0.15) is 5.82 Å². The van der Waals surface area contributed by atoms with Crippen LogP contribution < -0.4 is 5.32 Å². The highest BCUT2D eigenvalue weighted by Crippen LogP contribution is 2.38. The van der Waals surface area contributed by atoms with Crippen molar-refractivity contribution in [3.63, 3.8) is 0 Å². The van der Waals surface area contributed by atoms with Crippen LogP contribution in [0.1, 0.15) is 28.8 Å². The normalized spacial score (nSPS) is 26.5. The molecule has 3 aromatic rings. The summed E-state index contributed by atoms with van der Waals surface area (Å²) < 4.78 is 1.76. The fourth-order valence-electron chi connectivity index (χ4n) is 4.74. The largest absolute Gasteiger partial charge is 0.391 e.